The van der Waals surface area contributed by atoms with Gasteiger partial charge in [-0.05, 0) is 32.1 Å². The first-order valence-corrected chi connectivity index (χ1v) is 4.94. The van der Waals surface area contributed by atoms with E-state index in [2.05, 4.69) is 0 Å². The Morgan fingerprint density at radius 3 is 2.67 bits per heavy atom. The molecule has 0 aromatic carbocycles. The van der Waals surface area contributed by atoms with Crippen molar-refractivity contribution in [2.45, 2.75) is 37.7 Å². The molecule has 0 radical (unpaired) electrons. The summed E-state index contributed by atoms with van der Waals surface area (Å²) in [5.41, 5.74) is 0.130. The molecular weight excluding hydrogens is 152 g/mol. The van der Waals surface area contributed by atoms with Crippen molar-refractivity contribution in [2.24, 2.45) is 5.84 Å². The minimum absolute atomic E-state index is 0.130. The summed E-state index contributed by atoms with van der Waals surface area (Å²) in [6.07, 6.45) is 6.15. The van der Waals surface area contributed by atoms with Gasteiger partial charge in [-0.3, -0.25) is 5.84 Å². The summed E-state index contributed by atoms with van der Waals surface area (Å²) in [7, 11) is 0. The normalized spacial score (nSPS) is 38.8. The van der Waals surface area contributed by atoms with E-state index >= 15 is 0 Å². The van der Waals surface area contributed by atoms with Crippen LogP contribution in [0.5, 0.6) is 0 Å². The fraction of sp³-hybridized carbons (Fsp3) is 1.00. The van der Waals surface area contributed by atoms with Gasteiger partial charge in [0, 0.05) is 19.7 Å². The number of hydrazine groups is 1. The van der Waals surface area contributed by atoms with E-state index in [4.69, 9.17) is 10.6 Å². The molecule has 0 aromatic heterocycles. The molecule has 2 rings (SSSR count). The van der Waals surface area contributed by atoms with Gasteiger partial charge in [0.25, 0.3) is 0 Å². The first kappa shape index (κ1) is 8.48. The van der Waals surface area contributed by atoms with Crippen LogP contribution in [0.25, 0.3) is 0 Å². The average Bonchev–Trinajstić information content (AvgIpc) is 2.05. The van der Waals surface area contributed by atoms with Gasteiger partial charge in [-0.2, -0.15) is 0 Å². The summed E-state index contributed by atoms with van der Waals surface area (Å²) in [5, 5.41) is 1.91. The molecule has 0 saturated carbocycles. The van der Waals surface area contributed by atoms with Crippen molar-refractivity contribution < 1.29 is 4.74 Å². The summed E-state index contributed by atoms with van der Waals surface area (Å²) in [6.45, 7) is 2.91. The number of rotatable bonds is 0. The van der Waals surface area contributed by atoms with Gasteiger partial charge in [0.2, 0.25) is 0 Å². The van der Waals surface area contributed by atoms with Gasteiger partial charge in [0.15, 0.2) is 0 Å². The summed E-state index contributed by atoms with van der Waals surface area (Å²) in [4.78, 5) is 0. The molecule has 2 N–H and O–H groups in total. The smallest absolute Gasteiger partial charge is 0.0823 e. The lowest BCUT2D eigenvalue weighted by molar-refractivity contribution is -0.116. The molecule has 0 aliphatic carbocycles. The first-order valence-electron chi connectivity index (χ1n) is 4.94. The minimum Gasteiger partial charge on any atom is -0.374 e. The van der Waals surface area contributed by atoms with Crippen LogP contribution in [0.4, 0.5) is 0 Å². The van der Waals surface area contributed by atoms with Crippen molar-refractivity contribution in [3.63, 3.8) is 0 Å². The zero-order valence-corrected chi connectivity index (χ0v) is 7.59. The molecule has 2 fully saturated rings. The second kappa shape index (κ2) is 3.32. The summed E-state index contributed by atoms with van der Waals surface area (Å²) < 4.78 is 5.86. The van der Waals surface area contributed by atoms with Crippen LogP contribution in [0.3, 0.4) is 0 Å². The minimum atomic E-state index is 0.130. The Hall–Kier alpha value is -0.120. The van der Waals surface area contributed by atoms with Crippen LogP contribution in [0, 0.1) is 0 Å². The van der Waals surface area contributed by atoms with Gasteiger partial charge in [-0.1, -0.05) is 0 Å². The summed E-state index contributed by atoms with van der Waals surface area (Å²) in [5.74, 6) is 5.79. The standard InChI is InChI=1S/C9H18N2O/c10-11-6-3-5-9(8-11)4-1-2-7-12-9/h1-8,10H2/t9-/m0/s1. The van der Waals surface area contributed by atoms with E-state index in [1.165, 1.54) is 32.1 Å². The fourth-order valence-corrected chi connectivity index (χ4v) is 2.36. The Bertz CT molecular complexity index is 149. The first-order chi connectivity index (χ1) is 5.81. The summed E-state index contributed by atoms with van der Waals surface area (Å²) in [6, 6.07) is 0. The van der Waals surface area contributed by atoms with Crippen LogP contribution >= 0.6 is 0 Å². The number of piperidine rings is 1. The lowest BCUT2D eigenvalue weighted by atomic mass is 9.86. The Kier molecular flexibility index (Phi) is 2.35. The van der Waals surface area contributed by atoms with Crippen LogP contribution in [-0.2, 0) is 4.74 Å². The van der Waals surface area contributed by atoms with Gasteiger partial charge in [-0.15, -0.1) is 0 Å². The van der Waals surface area contributed by atoms with Crippen molar-refractivity contribution in [3.05, 3.63) is 0 Å². The molecule has 0 unspecified atom stereocenters. The molecule has 70 valence electrons. The van der Waals surface area contributed by atoms with Crippen molar-refractivity contribution in [1.29, 1.82) is 0 Å². The molecule has 2 aliphatic heterocycles. The largest absolute Gasteiger partial charge is 0.374 e. The molecule has 0 amide bonds. The molecular formula is C9H18N2O. The second-order valence-electron chi connectivity index (χ2n) is 4.06. The topological polar surface area (TPSA) is 38.5 Å². The number of nitrogens with zero attached hydrogens (tertiary/aromatic N) is 1. The maximum atomic E-state index is 5.86. The van der Waals surface area contributed by atoms with Gasteiger partial charge in [0.05, 0.1) is 5.60 Å². The Balaban J connectivity index is 1.97. The fourth-order valence-electron chi connectivity index (χ4n) is 2.36. The van der Waals surface area contributed by atoms with E-state index in [1.54, 1.807) is 0 Å². The number of nitrogens with two attached hydrogens (primary N) is 1. The molecule has 0 bridgehead atoms. The molecule has 1 spiro atoms. The highest BCUT2D eigenvalue weighted by molar-refractivity contribution is 4.89. The number of ether oxygens (including phenoxy) is 1. The van der Waals surface area contributed by atoms with Crippen LogP contribution < -0.4 is 5.84 Å². The second-order valence-corrected chi connectivity index (χ2v) is 4.06. The van der Waals surface area contributed by atoms with Crippen molar-refractivity contribution in [1.82, 2.24) is 5.01 Å². The van der Waals surface area contributed by atoms with E-state index in [0.717, 1.165) is 19.7 Å². The maximum absolute atomic E-state index is 5.86. The molecule has 3 nitrogen and oxygen atoms in total. The van der Waals surface area contributed by atoms with E-state index in [-0.39, 0.29) is 5.60 Å². The van der Waals surface area contributed by atoms with Gasteiger partial charge >= 0.3 is 0 Å². The zero-order valence-electron chi connectivity index (χ0n) is 7.59. The van der Waals surface area contributed by atoms with Gasteiger partial charge in [0.1, 0.15) is 0 Å². The molecule has 1 atom stereocenters. The van der Waals surface area contributed by atoms with E-state index in [1.807, 2.05) is 5.01 Å². The van der Waals surface area contributed by atoms with E-state index in [0.29, 0.717) is 0 Å². The predicted octanol–water partition coefficient (Wildman–Crippen LogP) is 0.895. The van der Waals surface area contributed by atoms with Crippen LogP contribution in [0.2, 0.25) is 0 Å². The lowest BCUT2D eigenvalue weighted by Gasteiger charge is -2.43. The molecule has 2 heterocycles. The Labute approximate surface area is 73.8 Å². The highest BCUT2D eigenvalue weighted by Gasteiger charge is 2.36. The Morgan fingerprint density at radius 1 is 1.17 bits per heavy atom. The van der Waals surface area contributed by atoms with Gasteiger partial charge in [-0.25, -0.2) is 5.01 Å². The molecule has 2 saturated heterocycles. The zero-order chi connectivity index (χ0) is 8.44. The van der Waals surface area contributed by atoms with Gasteiger partial charge < -0.3 is 4.74 Å². The number of hydrogen-bond donors (Lipinski definition) is 1. The van der Waals surface area contributed by atoms with Crippen molar-refractivity contribution >= 4 is 0 Å². The van der Waals surface area contributed by atoms with Crippen molar-refractivity contribution in [2.75, 3.05) is 19.7 Å². The highest BCUT2D eigenvalue weighted by atomic mass is 16.5. The third-order valence-electron chi connectivity index (χ3n) is 3.00. The summed E-state index contributed by atoms with van der Waals surface area (Å²) >= 11 is 0. The third kappa shape index (κ3) is 1.63. The maximum Gasteiger partial charge on any atom is 0.0823 e. The SMILES string of the molecule is NN1CCC[C@@]2(CCCCO2)C1. The molecule has 12 heavy (non-hydrogen) atoms. The van der Waals surface area contributed by atoms with Crippen LogP contribution in [0.1, 0.15) is 32.1 Å². The van der Waals surface area contributed by atoms with E-state index < -0.39 is 0 Å². The molecule has 3 heteroatoms. The van der Waals surface area contributed by atoms with Crippen LogP contribution in [0.15, 0.2) is 0 Å². The van der Waals surface area contributed by atoms with Crippen LogP contribution in [-0.4, -0.2) is 30.3 Å². The third-order valence-corrected chi connectivity index (χ3v) is 3.00. The highest BCUT2D eigenvalue weighted by Crippen LogP contribution is 2.32. The molecule has 2 aliphatic rings. The molecule has 0 aromatic rings. The van der Waals surface area contributed by atoms with Crippen molar-refractivity contribution in [3.8, 4) is 0 Å². The predicted molar refractivity (Wildman–Crippen MR) is 47.5 cm³/mol. The van der Waals surface area contributed by atoms with E-state index in [9.17, 15) is 0 Å². The average molecular weight is 170 g/mol. The quantitative estimate of drug-likeness (QED) is 0.549. The lowest BCUT2D eigenvalue weighted by Crippen LogP contribution is -2.53. The number of hydrogen-bond acceptors (Lipinski definition) is 3. The Morgan fingerprint density at radius 2 is 2.00 bits per heavy atom. The monoisotopic (exact) mass is 170 g/mol.